The summed E-state index contributed by atoms with van der Waals surface area (Å²) in [5.41, 5.74) is 3.01. The minimum Gasteiger partial charge on any atom is -0.490 e. The van der Waals surface area contributed by atoms with Gasteiger partial charge in [0.1, 0.15) is 10.9 Å². The van der Waals surface area contributed by atoms with E-state index in [9.17, 15) is 4.79 Å². The van der Waals surface area contributed by atoms with E-state index in [-0.39, 0.29) is 11.0 Å². The summed E-state index contributed by atoms with van der Waals surface area (Å²) in [6.07, 6.45) is 2.95. The van der Waals surface area contributed by atoms with Crippen molar-refractivity contribution < 1.29 is 14.6 Å². The number of hydrogen-bond acceptors (Lipinski definition) is 4. The van der Waals surface area contributed by atoms with E-state index in [2.05, 4.69) is 10.3 Å². The van der Waals surface area contributed by atoms with Crippen LogP contribution >= 0.6 is 11.6 Å². The Hall–Kier alpha value is -2.27. The molecule has 0 radical (unpaired) electrons. The van der Waals surface area contributed by atoms with Crippen molar-refractivity contribution in [2.75, 3.05) is 18.5 Å². The molecule has 1 aliphatic carbocycles. The number of halogens is 1. The molecule has 2 aliphatic rings. The molecule has 2 aromatic rings. The summed E-state index contributed by atoms with van der Waals surface area (Å²) in [5, 5.41) is 13.1. The Labute approximate surface area is 144 Å². The lowest BCUT2D eigenvalue weighted by atomic mass is 9.72. The van der Waals surface area contributed by atoms with Gasteiger partial charge in [0.05, 0.1) is 17.9 Å². The Morgan fingerprint density at radius 1 is 1.33 bits per heavy atom. The van der Waals surface area contributed by atoms with Gasteiger partial charge in [0.25, 0.3) is 0 Å². The smallest absolute Gasteiger partial charge is 0.335 e. The van der Waals surface area contributed by atoms with Crippen LogP contribution in [0, 0.1) is 0 Å². The quantitative estimate of drug-likeness (QED) is 0.774. The highest BCUT2D eigenvalue weighted by atomic mass is 35.5. The zero-order valence-corrected chi connectivity index (χ0v) is 13.8. The number of nitrogens with zero attached hydrogens (tertiary/aromatic N) is 1. The normalized spacial score (nSPS) is 21.9. The summed E-state index contributed by atoms with van der Waals surface area (Å²) in [4.78, 5) is 15.7. The molecule has 5 nitrogen and oxygen atoms in total. The molecule has 1 aromatic heterocycles. The zero-order chi connectivity index (χ0) is 16.7. The Kier molecular flexibility index (Phi) is 3.61. The van der Waals surface area contributed by atoms with Crippen molar-refractivity contribution in [3.8, 4) is 5.75 Å². The van der Waals surface area contributed by atoms with Gasteiger partial charge in [-0.05, 0) is 49.1 Å². The largest absolute Gasteiger partial charge is 0.490 e. The summed E-state index contributed by atoms with van der Waals surface area (Å²) in [7, 11) is 0. The van der Waals surface area contributed by atoms with Crippen LogP contribution in [0.3, 0.4) is 0 Å². The number of benzene rings is 1. The van der Waals surface area contributed by atoms with Gasteiger partial charge in [0.15, 0.2) is 0 Å². The molecule has 124 valence electrons. The molecule has 4 rings (SSSR count). The average molecular weight is 345 g/mol. The Bertz CT molecular complexity index is 824. The van der Waals surface area contributed by atoms with Gasteiger partial charge in [-0.3, -0.25) is 0 Å². The highest BCUT2D eigenvalue weighted by Gasteiger charge is 2.40. The predicted molar refractivity (Wildman–Crippen MR) is 91.2 cm³/mol. The number of aromatic nitrogens is 1. The summed E-state index contributed by atoms with van der Waals surface area (Å²) >= 11 is 6.04. The van der Waals surface area contributed by atoms with Crippen LogP contribution in [0.4, 0.5) is 5.69 Å². The number of fused-ring (bicyclic) bond motifs is 3. The van der Waals surface area contributed by atoms with Gasteiger partial charge in [-0.2, -0.15) is 0 Å². The number of anilines is 1. The first-order valence-electron chi connectivity index (χ1n) is 7.97. The maximum atomic E-state index is 11.2. The number of carboxylic acid groups (broad SMARTS) is 1. The van der Waals surface area contributed by atoms with Gasteiger partial charge in [-0.1, -0.05) is 17.7 Å². The highest BCUT2D eigenvalue weighted by Crippen LogP contribution is 2.41. The van der Waals surface area contributed by atoms with Crippen molar-refractivity contribution in [2.24, 2.45) is 0 Å². The second kappa shape index (κ2) is 5.67. The van der Waals surface area contributed by atoms with E-state index in [1.165, 1.54) is 5.56 Å². The summed E-state index contributed by atoms with van der Waals surface area (Å²) in [6, 6.07) is 8.79. The van der Waals surface area contributed by atoms with Crippen molar-refractivity contribution >= 4 is 23.3 Å². The van der Waals surface area contributed by atoms with Crippen LogP contribution in [0.15, 0.2) is 30.3 Å². The van der Waals surface area contributed by atoms with Gasteiger partial charge >= 0.3 is 5.97 Å². The van der Waals surface area contributed by atoms with Crippen LogP contribution < -0.4 is 10.1 Å². The molecule has 1 unspecified atom stereocenters. The number of aryl methyl sites for hydroxylation is 1. The molecule has 1 aromatic carbocycles. The third kappa shape index (κ3) is 2.49. The molecule has 0 amide bonds. The molecule has 6 heteroatoms. The lowest BCUT2D eigenvalue weighted by Gasteiger charge is -2.37. The van der Waals surface area contributed by atoms with E-state index >= 15 is 0 Å². The number of carbonyl (C=O) groups is 1. The van der Waals surface area contributed by atoms with E-state index in [0.29, 0.717) is 24.1 Å². The molecular formula is C18H17ClN2O3. The highest BCUT2D eigenvalue weighted by molar-refractivity contribution is 6.29. The first-order valence-corrected chi connectivity index (χ1v) is 8.35. The summed E-state index contributed by atoms with van der Waals surface area (Å²) < 4.78 is 6.05. The Morgan fingerprint density at radius 2 is 2.21 bits per heavy atom. The van der Waals surface area contributed by atoms with Gasteiger partial charge < -0.3 is 15.2 Å². The van der Waals surface area contributed by atoms with Gasteiger partial charge in [-0.25, -0.2) is 9.78 Å². The molecule has 24 heavy (non-hydrogen) atoms. The standard InChI is InChI=1S/C18H17ClN2O3/c19-16-6-4-12-13(21-16)2-1-7-18(12)9-20-14-8-11(17(22)23)3-5-15(14)24-10-18/h3-6,8,20H,1-2,7,9-10H2,(H,22,23). The second-order valence-electron chi connectivity index (χ2n) is 6.42. The number of nitrogens with one attached hydrogen (secondary N) is 1. The van der Waals surface area contributed by atoms with Crippen LogP contribution in [-0.4, -0.2) is 29.2 Å². The van der Waals surface area contributed by atoms with Gasteiger partial charge in [-0.15, -0.1) is 0 Å². The summed E-state index contributed by atoms with van der Waals surface area (Å²) in [5.74, 6) is -0.258. The molecule has 0 bridgehead atoms. The van der Waals surface area contributed by atoms with Crippen molar-refractivity contribution in [1.29, 1.82) is 0 Å². The van der Waals surface area contributed by atoms with Crippen LogP contribution in [0.5, 0.6) is 5.75 Å². The van der Waals surface area contributed by atoms with E-state index in [4.69, 9.17) is 21.4 Å². The van der Waals surface area contributed by atoms with Crippen LogP contribution in [0.1, 0.15) is 34.5 Å². The SMILES string of the molecule is O=C(O)c1ccc2c(c1)NCC1(CCCc3nc(Cl)ccc31)CO2. The molecule has 1 spiro atoms. The predicted octanol–water partition coefficient (Wildman–Crippen LogP) is 3.51. The minimum absolute atomic E-state index is 0.173. The maximum Gasteiger partial charge on any atom is 0.335 e. The monoisotopic (exact) mass is 344 g/mol. The third-order valence-electron chi connectivity index (χ3n) is 4.93. The first kappa shape index (κ1) is 15.3. The van der Waals surface area contributed by atoms with Gasteiger partial charge in [0, 0.05) is 17.7 Å². The Balaban J connectivity index is 1.70. The minimum atomic E-state index is -0.944. The molecule has 2 N–H and O–H groups in total. The lowest BCUT2D eigenvalue weighted by molar-refractivity contribution is 0.0697. The molecule has 0 saturated carbocycles. The number of pyridine rings is 1. The first-order chi connectivity index (χ1) is 11.6. The van der Waals surface area contributed by atoms with E-state index in [0.717, 1.165) is 30.6 Å². The maximum absolute atomic E-state index is 11.2. The fourth-order valence-electron chi connectivity index (χ4n) is 3.67. The number of rotatable bonds is 1. The average Bonchev–Trinajstić information content (AvgIpc) is 2.75. The molecule has 1 atom stereocenters. The zero-order valence-electron chi connectivity index (χ0n) is 13.0. The topological polar surface area (TPSA) is 71.5 Å². The van der Waals surface area contributed by atoms with Crippen LogP contribution in [0.2, 0.25) is 5.15 Å². The van der Waals surface area contributed by atoms with Crippen molar-refractivity contribution in [3.05, 3.63) is 52.3 Å². The van der Waals surface area contributed by atoms with Crippen molar-refractivity contribution in [3.63, 3.8) is 0 Å². The number of carboxylic acids is 1. The fraction of sp³-hybridized carbons (Fsp3) is 0.333. The molecule has 2 heterocycles. The molecule has 0 saturated heterocycles. The number of hydrogen-bond donors (Lipinski definition) is 2. The summed E-state index contributed by atoms with van der Waals surface area (Å²) in [6.45, 7) is 1.22. The lowest BCUT2D eigenvalue weighted by Crippen LogP contribution is -2.42. The van der Waals surface area contributed by atoms with E-state index in [1.807, 2.05) is 12.1 Å². The Morgan fingerprint density at radius 3 is 3.04 bits per heavy atom. The van der Waals surface area contributed by atoms with Crippen molar-refractivity contribution in [2.45, 2.75) is 24.7 Å². The van der Waals surface area contributed by atoms with Gasteiger partial charge in [0.2, 0.25) is 0 Å². The van der Waals surface area contributed by atoms with Crippen molar-refractivity contribution in [1.82, 2.24) is 4.98 Å². The van der Waals surface area contributed by atoms with Crippen LogP contribution in [0.25, 0.3) is 0 Å². The van der Waals surface area contributed by atoms with Crippen LogP contribution in [-0.2, 0) is 11.8 Å². The fourth-order valence-corrected chi connectivity index (χ4v) is 3.83. The molecule has 1 aliphatic heterocycles. The molecule has 0 fully saturated rings. The number of ether oxygens (including phenoxy) is 1. The van der Waals surface area contributed by atoms with E-state index < -0.39 is 5.97 Å². The van der Waals surface area contributed by atoms with E-state index in [1.54, 1.807) is 18.2 Å². The number of aromatic carboxylic acids is 1. The molecular weight excluding hydrogens is 328 g/mol. The second-order valence-corrected chi connectivity index (χ2v) is 6.81. The third-order valence-corrected chi connectivity index (χ3v) is 5.14.